The molecule has 1 aromatic heterocycles. The molecule has 1 aliphatic rings. The van der Waals surface area contributed by atoms with Crippen LogP contribution in [0.1, 0.15) is 32.6 Å². The summed E-state index contributed by atoms with van der Waals surface area (Å²) >= 11 is 0. The molecule has 0 saturated heterocycles. The summed E-state index contributed by atoms with van der Waals surface area (Å²) in [4.78, 5) is 24.2. The molecule has 0 bridgehead atoms. The molecule has 10 nitrogen and oxygen atoms in total. The Bertz CT molecular complexity index is 554. The Hall–Kier alpha value is -2.23. The van der Waals surface area contributed by atoms with E-state index in [4.69, 9.17) is 10.5 Å². The number of nitrogens with two attached hydrogens (primary N) is 1. The van der Waals surface area contributed by atoms with E-state index in [0.717, 1.165) is 25.7 Å². The highest BCUT2D eigenvalue weighted by molar-refractivity contribution is 5.79. The molecule has 0 spiro atoms. The van der Waals surface area contributed by atoms with Crippen LogP contribution in [0.2, 0.25) is 0 Å². The Morgan fingerprint density at radius 3 is 2.67 bits per heavy atom. The van der Waals surface area contributed by atoms with Gasteiger partial charge in [-0.25, -0.2) is 4.68 Å². The van der Waals surface area contributed by atoms with Crippen LogP contribution in [0.4, 0.5) is 5.95 Å². The van der Waals surface area contributed by atoms with Crippen LogP contribution in [-0.2, 0) is 20.9 Å². The van der Waals surface area contributed by atoms with Gasteiger partial charge < -0.3 is 21.1 Å². The second-order valence-corrected chi connectivity index (χ2v) is 6.18. The molecule has 1 heterocycles. The maximum atomic E-state index is 12.2. The molecule has 4 N–H and O–H groups in total. The second kappa shape index (κ2) is 8.57. The molecule has 0 radical (unpaired) electrons. The third-order valence-corrected chi connectivity index (χ3v) is 4.12. The molecule has 0 unspecified atom stereocenters. The summed E-state index contributed by atoms with van der Waals surface area (Å²) < 4.78 is 6.26. The van der Waals surface area contributed by atoms with E-state index in [2.05, 4.69) is 26.2 Å². The van der Waals surface area contributed by atoms with E-state index in [1.807, 2.05) is 6.92 Å². The fraction of sp³-hybridized carbons (Fsp3) is 0.786. The summed E-state index contributed by atoms with van der Waals surface area (Å²) in [6.45, 7) is 2.41. The number of methoxy groups -OCH3 is 1. The van der Waals surface area contributed by atoms with Gasteiger partial charge in [0.15, 0.2) is 0 Å². The standard InChI is InChI=1S/C14H25N7O3/c1-9(8-24-2)16-13(23)10-3-5-11(6-4-10)17-12(22)7-21-14(15)18-19-20-21/h9-11H,3-8H2,1-2H3,(H,16,23)(H,17,22)(H2,15,18,20)/t9-,10?,11?/m0/s1. The summed E-state index contributed by atoms with van der Waals surface area (Å²) in [6, 6.07) is 0.0670. The number of anilines is 1. The van der Waals surface area contributed by atoms with Gasteiger partial charge in [-0.15, -0.1) is 0 Å². The van der Waals surface area contributed by atoms with Crippen LogP contribution in [0, 0.1) is 5.92 Å². The minimum absolute atomic E-state index is 0.00155. The zero-order chi connectivity index (χ0) is 17.5. The van der Waals surface area contributed by atoms with Crippen molar-refractivity contribution in [3.05, 3.63) is 0 Å². The first-order valence-corrected chi connectivity index (χ1v) is 8.10. The van der Waals surface area contributed by atoms with Crippen molar-refractivity contribution in [2.24, 2.45) is 5.92 Å². The molecule has 10 heteroatoms. The summed E-state index contributed by atoms with van der Waals surface area (Å²) in [5.41, 5.74) is 5.53. The predicted molar refractivity (Wildman–Crippen MR) is 85.6 cm³/mol. The number of ether oxygens (including phenoxy) is 1. The number of amides is 2. The largest absolute Gasteiger partial charge is 0.383 e. The average Bonchev–Trinajstić information content (AvgIpc) is 2.93. The number of hydrogen-bond acceptors (Lipinski definition) is 7. The minimum atomic E-state index is -0.185. The highest BCUT2D eigenvalue weighted by Crippen LogP contribution is 2.24. The Kier molecular flexibility index (Phi) is 6.47. The number of aromatic nitrogens is 4. The monoisotopic (exact) mass is 339 g/mol. The summed E-state index contributed by atoms with van der Waals surface area (Å²) in [7, 11) is 1.61. The number of nitrogens with zero attached hydrogens (tertiary/aromatic N) is 4. The quantitative estimate of drug-likeness (QED) is 0.584. The number of hydrogen-bond donors (Lipinski definition) is 3. The van der Waals surface area contributed by atoms with Gasteiger partial charge in [0.05, 0.1) is 6.61 Å². The van der Waals surface area contributed by atoms with Crippen LogP contribution in [0.15, 0.2) is 0 Å². The highest BCUT2D eigenvalue weighted by Gasteiger charge is 2.27. The van der Waals surface area contributed by atoms with E-state index >= 15 is 0 Å². The number of nitrogens with one attached hydrogen (secondary N) is 2. The molecule has 0 aromatic carbocycles. The van der Waals surface area contributed by atoms with E-state index in [9.17, 15) is 9.59 Å². The van der Waals surface area contributed by atoms with Gasteiger partial charge in [-0.05, 0) is 43.0 Å². The van der Waals surface area contributed by atoms with Crippen molar-refractivity contribution in [2.45, 2.75) is 51.2 Å². The zero-order valence-corrected chi connectivity index (χ0v) is 14.1. The van der Waals surface area contributed by atoms with Crippen LogP contribution in [0.5, 0.6) is 0 Å². The third-order valence-electron chi connectivity index (χ3n) is 4.12. The normalized spacial score (nSPS) is 21.9. The Morgan fingerprint density at radius 1 is 1.38 bits per heavy atom. The highest BCUT2D eigenvalue weighted by atomic mass is 16.5. The van der Waals surface area contributed by atoms with Gasteiger partial charge in [0.1, 0.15) is 6.54 Å². The van der Waals surface area contributed by atoms with Crippen molar-refractivity contribution in [1.29, 1.82) is 0 Å². The van der Waals surface area contributed by atoms with E-state index in [1.54, 1.807) is 7.11 Å². The number of carbonyl (C=O) groups is 2. The SMILES string of the molecule is COC[C@H](C)NC(=O)C1CCC(NC(=O)Cn2nnnc2N)CC1. The van der Waals surface area contributed by atoms with Crippen LogP contribution < -0.4 is 16.4 Å². The van der Waals surface area contributed by atoms with Gasteiger partial charge in [0.2, 0.25) is 17.8 Å². The molecule has 24 heavy (non-hydrogen) atoms. The van der Waals surface area contributed by atoms with Gasteiger partial charge in [-0.1, -0.05) is 5.10 Å². The second-order valence-electron chi connectivity index (χ2n) is 6.18. The molecule has 1 fully saturated rings. The van der Waals surface area contributed by atoms with Crippen molar-refractivity contribution in [1.82, 2.24) is 30.8 Å². The molecule has 2 rings (SSSR count). The van der Waals surface area contributed by atoms with E-state index in [1.165, 1.54) is 4.68 Å². The van der Waals surface area contributed by atoms with Gasteiger partial charge in [-0.2, -0.15) is 0 Å². The van der Waals surface area contributed by atoms with Crippen molar-refractivity contribution in [3.8, 4) is 0 Å². The fourth-order valence-corrected chi connectivity index (χ4v) is 2.89. The maximum Gasteiger partial charge on any atom is 0.242 e. The first-order chi connectivity index (χ1) is 11.5. The smallest absolute Gasteiger partial charge is 0.242 e. The molecule has 1 atom stereocenters. The van der Waals surface area contributed by atoms with Gasteiger partial charge in [-0.3, -0.25) is 9.59 Å². The van der Waals surface area contributed by atoms with Crippen molar-refractivity contribution in [3.63, 3.8) is 0 Å². The van der Waals surface area contributed by atoms with Crippen LogP contribution in [-0.4, -0.2) is 57.8 Å². The lowest BCUT2D eigenvalue weighted by Crippen LogP contribution is -2.44. The van der Waals surface area contributed by atoms with Crippen molar-refractivity contribution < 1.29 is 14.3 Å². The number of tetrazole rings is 1. The molecule has 134 valence electrons. The average molecular weight is 339 g/mol. The molecule has 1 saturated carbocycles. The maximum absolute atomic E-state index is 12.2. The Balaban J connectivity index is 1.71. The first kappa shape index (κ1) is 18.1. The Morgan fingerprint density at radius 2 is 2.08 bits per heavy atom. The lowest BCUT2D eigenvalue weighted by molar-refractivity contribution is -0.127. The number of rotatable bonds is 7. The van der Waals surface area contributed by atoms with Crippen LogP contribution in [0.3, 0.4) is 0 Å². The van der Waals surface area contributed by atoms with Crippen LogP contribution in [0.25, 0.3) is 0 Å². The van der Waals surface area contributed by atoms with Gasteiger partial charge in [0.25, 0.3) is 0 Å². The van der Waals surface area contributed by atoms with Crippen molar-refractivity contribution >= 4 is 17.8 Å². The van der Waals surface area contributed by atoms with E-state index < -0.39 is 0 Å². The van der Waals surface area contributed by atoms with Gasteiger partial charge >= 0.3 is 0 Å². The van der Waals surface area contributed by atoms with E-state index in [0.29, 0.717) is 6.61 Å². The van der Waals surface area contributed by atoms with Crippen molar-refractivity contribution in [2.75, 3.05) is 19.5 Å². The zero-order valence-electron chi connectivity index (χ0n) is 14.1. The molecule has 1 aliphatic carbocycles. The van der Waals surface area contributed by atoms with Gasteiger partial charge in [0, 0.05) is 25.1 Å². The fourth-order valence-electron chi connectivity index (χ4n) is 2.89. The molecule has 1 aromatic rings. The summed E-state index contributed by atoms with van der Waals surface area (Å²) in [6.07, 6.45) is 3.05. The lowest BCUT2D eigenvalue weighted by Gasteiger charge is -2.29. The minimum Gasteiger partial charge on any atom is -0.383 e. The number of nitrogen functional groups attached to an aromatic ring is 1. The summed E-state index contributed by atoms with van der Waals surface area (Å²) in [5, 5.41) is 16.4. The summed E-state index contributed by atoms with van der Waals surface area (Å²) in [5.74, 6) is -0.0234. The Labute approximate surface area is 140 Å². The third kappa shape index (κ3) is 5.15. The van der Waals surface area contributed by atoms with E-state index in [-0.39, 0.29) is 42.3 Å². The molecular formula is C14H25N7O3. The predicted octanol–water partition coefficient (Wildman–Crippen LogP) is -0.919. The molecule has 2 amide bonds. The number of carbonyl (C=O) groups excluding carboxylic acids is 2. The molecular weight excluding hydrogens is 314 g/mol. The first-order valence-electron chi connectivity index (χ1n) is 8.10. The topological polar surface area (TPSA) is 137 Å². The molecule has 0 aliphatic heterocycles. The lowest BCUT2D eigenvalue weighted by atomic mass is 9.85. The van der Waals surface area contributed by atoms with Crippen LogP contribution >= 0.6 is 0 Å².